The molecule has 0 saturated carbocycles. The molecule has 1 aliphatic heterocycles. The second-order valence-electron chi connectivity index (χ2n) is 6.14. The average Bonchev–Trinajstić information content (AvgIpc) is 2.52. The third-order valence-electron chi connectivity index (χ3n) is 3.46. The predicted molar refractivity (Wildman–Crippen MR) is 89.1 cm³/mol. The summed E-state index contributed by atoms with van der Waals surface area (Å²) in [6, 6.07) is 10.8. The van der Waals surface area contributed by atoms with E-state index in [9.17, 15) is 9.90 Å². The minimum absolute atomic E-state index is 0.182. The van der Waals surface area contributed by atoms with E-state index in [1.54, 1.807) is 32.0 Å². The van der Waals surface area contributed by atoms with Crippen molar-refractivity contribution in [2.75, 3.05) is 10.6 Å². The summed E-state index contributed by atoms with van der Waals surface area (Å²) < 4.78 is 0. The number of benzene rings is 2. The first-order chi connectivity index (χ1) is 10.3. The van der Waals surface area contributed by atoms with Gasteiger partial charge in [-0.25, -0.2) is 0 Å². The number of carbonyl (C=O) groups excluding carboxylic acids is 1. The normalized spacial score (nSPS) is 13.5. The van der Waals surface area contributed by atoms with E-state index in [1.165, 1.54) is 0 Å². The van der Waals surface area contributed by atoms with Crippen molar-refractivity contribution in [1.29, 1.82) is 0 Å². The van der Waals surface area contributed by atoms with Gasteiger partial charge in [0, 0.05) is 11.4 Å². The van der Waals surface area contributed by atoms with Gasteiger partial charge in [0.1, 0.15) is 0 Å². The van der Waals surface area contributed by atoms with Gasteiger partial charge in [-0.05, 0) is 49.7 Å². The van der Waals surface area contributed by atoms with Gasteiger partial charge in [0.05, 0.1) is 28.2 Å². The molecular weight excluding hydrogens is 300 g/mol. The Balaban J connectivity index is 2.00. The molecule has 114 valence electrons. The molecule has 1 heterocycles. The second-order valence-corrected chi connectivity index (χ2v) is 6.57. The SMILES string of the molecule is CC(C)(O)Cc1ccc2c(c1)NC(=O)c1ccc(Cl)cc1N2. The van der Waals surface area contributed by atoms with Crippen molar-refractivity contribution in [2.24, 2.45) is 0 Å². The quantitative estimate of drug-likeness (QED) is 0.786. The minimum atomic E-state index is -0.799. The summed E-state index contributed by atoms with van der Waals surface area (Å²) in [6.45, 7) is 3.51. The largest absolute Gasteiger partial charge is 0.390 e. The molecule has 3 rings (SSSR count). The van der Waals surface area contributed by atoms with Crippen LogP contribution in [0.15, 0.2) is 36.4 Å². The Labute approximate surface area is 134 Å². The highest BCUT2D eigenvalue weighted by Gasteiger charge is 2.20. The lowest BCUT2D eigenvalue weighted by molar-refractivity contribution is 0.0810. The van der Waals surface area contributed by atoms with E-state index in [0.29, 0.717) is 28.4 Å². The molecule has 4 nitrogen and oxygen atoms in total. The number of anilines is 3. The van der Waals surface area contributed by atoms with Crippen molar-refractivity contribution in [3.63, 3.8) is 0 Å². The van der Waals surface area contributed by atoms with Gasteiger partial charge in [-0.3, -0.25) is 4.79 Å². The van der Waals surface area contributed by atoms with Gasteiger partial charge in [-0.15, -0.1) is 0 Å². The zero-order valence-electron chi connectivity index (χ0n) is 12.4. The van der Waals surface area contributed by atoms with Gasteiger partial charge in [0.2, 0.25) is 0 Å². The third kappa shape index (κ3) is 3.08. The highest BCUT2D eigenvalue weighted by molar-refractivity contribution is 6.31. The number of hydrogen-bond donors (Lipinski definition) is 3. The lowest BCUT2D eigenvalue weighted by Crippen LogP contribution is -2.22. The van der Waals surface area contributed by atoms with Crippen molar-refractivity contribution in [3.8, 4) is 0 Å². The van der Waals surface area contributed by atoms with Gasteiger partial charge in [-0.1, -0.05) is 17.7 Å². The number of hydrogen-bond acceptors (Lipinski definition) is 3. The number of amides is 1. The molecule has 1 amide bonds. The Kier molecular flexibility index (Phi) is 3.59. The molecule has 0 bridgehead atoms. The first-order valence-corrected chi connectivity index (χ1v) is 7.43. The molecule has 2 aromatic rings. The van der Waals surface area contributed by atoms with Crippen LogP contribution in [0.4, 0.5) is 17.1 Å². The fraction of sp³-hybridized carbons (Fsp3) is 0.235. The summed E-state index contributed by atoms with van der Waals surface area (Å²) in [7, 11) is 0. The molecule has 0 aliphatic carbocycles. The number of aliphatic hydroxyl groups is 1. The number of carbonyl (C=O) groups is 1. The van der Waals surface area contributed by atoms with Crippen LogP contribution in [-0.2, 0) is 6.42 Å². The first kappa shape index (κ1) is 14.9. The molecule has 0 radical (unpaired) electrons. The zero-order valence-corrected chi connectivity index (χ0v) is 13.2. The summed E-state index contributed by atoms with van der Waals surface area (Å²) >= 11 is 6.00. The minimum Gasteiger partial charge on any atom is -0.390 e. The van der Waals surface area contributed by atoms with Crippen LogP contribution in [0.5, 0.6) is 0 Å². The van der Waals surface area contributed by atoms with Crippen LogP contribution < -0.4 is 10.6 Å². The number of halogens is 1. The van der Waals surface area contributed by atoms with Crippen molar-refractivity contribution in [1.82, 2.24) is 0 Å². The van der Waals surface area contributed by atoms with Crippen LogP contribution >= 0.6 is 11.6 Å². The second kappa shape index (κ2) is 5.30. The third-order valence-corrected chi connectivity index (χ3v) is 3.70. The van der Waals surface area contributed by atoms with Crippen molar-refractivity contribution >= 4 is 34.6 Å². The van der Waals surface area contributed by atoms with E-state index < -0.39 is 5.60 Å². The summed E-state index contributed by atoms with van der Waals surface area (Å²) in [5.74, 6) is -0.182. The maximum atomic E-state index is 12.3. The van der Waals surface area contributed by atoms with Gasteiger partial charge in [0.25, 0.3) is 5.91 Å². The predicted octanol–water partition coefficient (Wildman–Crippen LogP) is 3.96. The summed E-state index contributed by atoms with van der Waals surface area (Å²) in [6.07, 6.45) is 0.509. The lowest BCUT2D eigenvalue weighted by Gasteiger charge is -2.18. The van der Waals surface area contributed by atoms with E-state index in [4.69, 9.17) is 11.6 Å². The Morgan fingerprint density at radius 2 is 1.82 bits per heavy atom. The Bertz CT molecular complexity index is 751. The maximum absolute atomic E-state index is 12.3. The molecule has 0 aromatic heterocycles. The van der Waals surface area contributed by atoms with Crippen LogP contribution in [0.3, 0.4) is 0 Å². The van der Waals surface area contributed by atoms with E-state index in [1.807, 2.05) is 18.2 Å². The lowest BCUT2D eigenvalue weighted by atomic mass is 9.98. The van der Waals surface area contributed by atoms with E-state index in [0.717, 1.165) is 11.3 Å². The van der Waals surface area contributed by atoms with E-state index in [-0.39, 0.29) is 5.91 Å². The smallest absolute Gasteiger partial charge is 0.257 e. The molecule has 0 fully saturated rings. The first-order valence-electron chi connectivity index (χ1n) is 7.05. The van der Waals surface area contributed by atoms with Crippen molar-refractivity contribution in [2.45, 2.75) is 25.9 Å². The molecule has 0 atom stereocenters. The van der Waals surface area contributed by atoms with Crippen molar-refractivity contribution in [3.05, 3.63) is 52.5 Å². The summed E-state index contributed by atoms with van der Waals surface area (Å²) in [4.78, 5) is 12.3. The maximum Gasteiger partial charge on any atom is 0.257 e. The number of fused-ring (bicyclic) bond motifs is 2. The summed E-state index contributed by atoms with van der Waals surface area (Å²) in [5, 5.41) is 16.6. The Hall–Kier alpha value is -2.04. The Morgan fingerprint density at radius 3 is 2.55 bits per heavy atom. The fourth-order valence-corrected chi connectivity index (χ4v) is 2.74. The number of rotatable bonds is 2. The topological polar surface area (TPSA) is 61.4 Å². The zero-order chi connectivity index (χ0) is 15.9. The number of nitrogens with one attached hydrogen (secondary N) is 2. The Morgan fingerprint density at radius 1 is 1.05 bits per heavy atom. The van der Waals surface area contributed by atoms with Crippen LogP contribution in [0.2, 0.25) is 5.02 Å². The van der Waals surface area contributed by atoms with Crippen LogP contribution in [-0.4, -0.2) is 16.6 Å². The highest BCUT2D eigenvalue weighted by atomic mass is 35.5. The standard InChI is InChI=1S/C17H17ClN2O2/c1-17(2,22)9-10-3-6-13-15(7-10)20-16(21)12-5-4-11(18)8-14(12)19-13/h3-8,19,22H,9H2,1-2H3,(H,20,21). The van der Waals surface area contributed by atoms with Crippen LogP contribution in [0, 0.1) is 0 Å². The van der Waals surface area contributed by atoms with E-state index >= 15 is 0 Å². The van der Waals surface area contributed by atoms with Crippen LogP contribution in [0.25, 0.3) is 0 Å². The molecule has 2 aromatic carbocycles. The van der Waals surface area contributed by atoms with E-state index in [2.05, 4.69) is 10.6 Å². The van der Waals surface area contributed by atoms with Crippen molar-refractivity contribution < 1.29 is 9.90 Å². The average molecular weight is 317 g/mol. The highest BCUT2D eigenvalue weighted by Crippen LogP contribution is 2.34. The van der Waals surface area contributed by atoms with Gasteiger partial charge in [0.15, 0.2) is 0 Å². The molecule has 3 N–H and O–H groups in total. The van der Waals surface area contributed by atoms with Crippen LogP contribution in [0.1, 0.15) is 29.8 Å². The molecular formula is C17H17ClN2O2. The molecule has 5 heteroatoms. The van der Waals surface area contributed by atoms with Gasteiger partial charge >= 0.3 is 0 Å². The fourth-order valence-electron chi connectivity index (χ4n) is 2.57. The molecule has 0 unspecified atom stereocenters. The monoisotopic (exact) mass is 316 g/mol. The van der Waals surface area contributed by atoms with Gasteiger partial charge < -0.3 is 15.7 Å². The van der Waals surface area contributed by atoms with Gasteiger partial charge in [-0.2, -0.15) is 0 Å². The molecule has 0 saturated heterocycles. The molecule has 1 aliphatic rings. The molecule has 22 heavy (non-hydrogen) atoms. The summed E-state index contributed by atoms with van der Waals surface area (Å²) in [5.41, 5.74) is 2.88. The molecule has 0 spiro atoms.